The largest absolute Gasteiger partial charge is 0.339 e. The topological polar surface area (TPSA) is 78.4 Å². The van der Waals surface area contributed by atoms with Gasteiger partial charge in [0, 0.05) is 44.6 Å². The van der Waals surface area contributed by atoms with Gasteiger partial charge in [0.25, 0.3) is 10.2 Å². The van der Waals surface area contributed by atoms with E-state index in [4.69, 9.17) is 0 Å². The van der Waals surface area contributed by atoms with Crippen molar-refractivity contribution in [2.45, 2.75) is 39.2 Å². The number of hydrogen-bond acceptors (Lipinski definition) is 5. The van der Waals surface area contributed by atoms with E-state index < -0.39 is 10.2 Å². The van der Waals surface area contributed by atoms with Crippen LogP contribution in [0.1, 0.15) is 33.1 Å². The van der Waals surface area contributed by atoms with E-state index >= 15 is 0 Å². The summed E-state index contributed by atoms with van der Waals surface area (Å²) in [5.74, 6) is 1.30. The molecule has 134 valence electrons. The van der Waals surface area contributed by atoms with E-state index in [0.29, 0.717) is 31.5 Å². The maximum Gasteiger partial charge on any atom is 0.279 e. The molecule has 0 aliphatic carbocycles. The molecule has 0 spiro atoms. The number of nitrogens with one attached hydrogen (secondary N) is 1. The van der Waals surface area contributed by atoms with Gasteiger partial charge in [-0.05, 0) is 30.7 Å². The quantitative estimate of drug-likeness (QED) is 0.862. The summed E-state index contributed by atoms with van der Waals surface area (Å²) in [5, 5.41) is 0. The Kier molecular flexibility index (Phi) is 5.36. The lowest BCUT2D eigenvalue weighted by Crippen LogP contribution is -2.50. The minimum Gasteiger partial charge on any atom is -0.339 e. The molecule has 2 fully saturated rings. The summed E-state index contributed by atoms with van der Waals surface area (Å²) >= 11 is 0. The van der Waals surface area contributed by atoms with Crippen molar-refractivity contribution in [3.05, 3.63) is 18.5 Å². The minimum absolute atomic E-state index is 0.110. The van der Waals surface area contributed by atoms with Crippen molar-refractivity contribution in [2.24, 2.45) is 11.8 Å². The van der Waals surface area contributed by atoms with Crippen molar-refractivity contribution in [2.75, 3.05) is 31.1 Å². The second kappa shape index (κ2) is 7.33. The molecule has 7 nitrogen and oxygen atoms in total. The molecular formula is C16H27N5O2S. The van der Waals surface area contributed by atoms with Crippen LogP contribution in [0.15, 0.2) is 18.5 Å². The molecule has 1 N–H and O–H groups in total. The van der Waals surface area contributed by atoms with Crippen LogP contribution < -0.4 is 9.62 Å². The predicted molar refractivity (Wildman–Crippen MR) is 93.8 cm³/mol. The van der Waals surface area contributed by atoms with Gasteiger partial charge in [-0.25, -0.2) is 9.97 Å². The molecule has 0 unspecified atom stereocenters. The average molecular weight is 353 g/mol. The van der Waals surface area contributed by atoms with Gasteiger partial charge in [-0.15, -0.1) is 0 Å². The first-order chi connectivity index (χ1) is 11.5. The summed E-state index contributed by atoms with van der Waals surface area (Å²) in [5.41, 5.74) is 0. The second-order valence-corrected chi connectivity index (χ2v) is 8.75. The smallest absolute Gasteiger partial charge is 0.279 e. The monoisotopic (exact) mass is 353 g/mol. The van der Waals surface area contributed by atoms with Crippen LogP contribution in [0, 0.1) is 11.8 Å². The van der Waals surface area contributed by atoms with Crippen LogP contribution in [0.4, 0.5) is 5.95 Å². The fraction of sp³-hybridized carbons (Fsp3) is 0.750. The van der Waals surface area contributed by atoms with E-state index in [-0.39, 0.29) is 12.0 Å². The van der Waals surface area contributed by atoms with Gasteiger partial charge in [0.2, 0.25) is 5.95 Å². The van der Waals surface area contributed by atoms with Crippen molar-refractivity contribution in [1.82, 2.24) is 19.0 Å². The highest BCUT2D eigenvalue weighted by Gasteiger charge is 2.39. The van der Waals surface area contributed by atoms with Crippen molar-refractivity contribution in [3.63, 3.8) is 0 Å². The Morgan fingerprint density at radius 1 is 1.12 bits per heavy atom. The highest BCUT2D eigenvalue weighted by atomic mass is 32.2. The molecule has 24 heavy (non-hydrogen) atoms. The highest BCUT2D eigenvalue weighted by Crippen LogP contribution is 2.27. The van der Waals surface area contributed by atoms with Gasteiger partial charge in [0.05, 0.1) is 0 Å². The normalized spacial score (nSPS) is 26.2. The third-order valence-electron chi connectivity index (χ3n) is 5.01. The van der Waals surface area contributed by atoms with Crippen LogP contribution in [-0.4, -0.2) is 54.9 Å². The van der Waals surface area contributed by atoms with Crippen molar-refractivity contribution in [3.8, 4) is 0 Å². The third kappa shape index (κ3) is 3.87. The molecule has 3 rings (SSSR count). The summed E-state index contributed by atoms with van der Waals surface area (Å²) in [6.45, 7) is 6.92. The molecule has 2 saturated heterocycles. The van der Waals surface area contributed by atoms with E-state index in [9.17, 15) is 8.42 Å². The van der Waals surface area contributed by atoms with E-state index in [1.807, 2.05) is 0 Å². The SMILES string of the molecule is CC(C)[C@H]1CN(c2ncccn2)C[C@@H]1NS(=O)(=O)N1CCCCC1. The Morgan fingerprint density at radius 2 is 1.79 bits per heavy atom. The number of nitrogens with zero attached hydrogens (tertiary/aromatic N) is 4. The average Bonchev–Trinajstić information content (AvgIpc) is 3.00. The van der Waals surface area contributed by atoms with Crippen LogP contribution in [0.2, 0.25) is 0 Å². The molecule has 2 atom stereocenters. The van der Waals surface area contributed by atoms with E-state index in [1.165, 1.54) is 0 Å². The first-order valence-electron chi connectivity index (χ1n) is 8.77. The lowest BCUT2D eigenvalue weighted by atomic mass is 9.92. The summed E-state index contributed by atoms with van der Waals surface area (Å²) in [7, 11) is -3.42. The summed E-state index contributed by atoms with van der Waals surface area (Å²) in [4.78, 5) is 10.7. The lowest BCUT2D eigenvalue weighted by Gasteiger charge is -2.29. The molecule has 0 bridgehead atoms. The Balaban J connectivity index is 1.73. The standard InChI is InChI=1S/C16H27N5O2S/c1-13(2)14-11-20(16-17-7-6-8-18-16)12-15(14)19-24(22,23)21-9-4-3-5-10-21/h6-8,13-15,19H,3-5,9-12H2,1-2H3/t14-,15+/m1/s1. The van der Waals surface area contributed by atoms with Gasteiger partial charge < -0.3 is 4.90 Å². The van der Waals surface area contributed by atoms with E-state index in [2.05, 4.69) is 33.4 Å². The lowest BCUT2D eigenvalue weighted by molar-refractivity contribution is 0.322. The van der Waals surface area contributed by atoms with E-state index in [1.54, 1.807) is 22.8 Å². The second-order valence-electron chi connectivity index (χ2n) is 7.05. The molecular weight excluding hydrogens is 326 g/mol. The maximum absolute atomic E-state index is 12.7. The first-order valence-corrected chi connectivity index (χ1v) is 10.2. The van der Waals surface area contributed by atoms with Crippen molar-refractivity contribution >= 4 is 16.2 Å². The first kappa shape index (κ1) is 17.6. The Morgan fingerprint density at radius 3 is 2.42 bits per heavy atom. The molecule has 0 radical (unpaired) electrons. The summed E-state index contributed by atoms with van der Waals surface area (Å²) < 4.78 is 30.0. The molecule has 2 aliphatic heterocycles. The molecule has 1 aromatic rings. The summed E-state index contributed by atoms with van der Waals surface area (Å²) in [6, 6.07) is 1.68. The Labute approximate surface area is 144 Å². The molecule has 0 saturated carbocycles. The van der Waals surface area contributed by atoms with Crippen LogP contribution in [0.25, 0.3) is 0 Å². The molecule has 8 heteroatoms. The molecule has 0 amide bonds. The van der Waals surface area contributed by atoms with Crippen molar-refractivity contribution < 1.29 is 8.42 Å². The van der Waals surface area contributed by atoms with Gasteiger partial charge in [-0.2, -0.15) is 17.4 Å². The Hall–Kier alpha value is -1.25. The van der Waals surface area contributed by atoms with Gasteiger partial charge >= 0.3 is 0 Å². The number of aromatic nitrogens is 2. The van der Waals surface area contributed by atoms with Crippen molar-refractivity contribution in [1.29, 1.82) is 0 Å². The fourth-order valence-electron chi connectivity index (χ4n) is 3.62. The highest BCUT2D eigenvalue weighted by molar-refractivity contribution is 7.87. The predicted octanol–water partition coefficient (Wildman–Crippen LogP) is 1.26. The fourth-order valence-corrected chi connectivity index (χ4v) is 5.14. The van der Waals surface area contributed by atoms with Gasteiger partial charge in [-0.1, -0.05) is 20.3 Å². The number of anilines is 1. The number of rotatable bonds is 5. The Bertz CT molecular complexity index is 631. The third-order valence-corrected chi connectivity index (χ3v) is 6.66. The molecule has 3 heterocycles. The van der Waals surface area contributed by atoms with Gasteiger partial charge in [0.15, 0.2) is 0 Å². The van der Waals surface area contributed by atoms with Crippen LogP contribution in [0.5, 0.6) is 0 Å². The van der Waals surface area contributed by atoms with Gasteiger partial charge in [0.1, 0.15) is 0 Å². The zero-order valence-corrected chi connectivity index (χ0v) is 15.2. The maximum atomic E-state index is 12.7. The van der Waals surface area contributed by atoms with E-state index in [0.717, 1.165) is 25.8 Å². The minimum atomic E-state index is -3.42. The number of hydrogen-bond donors (Lipinski definition) is 1. The summed E-state index contributed by atoms with van der Waals surface area (Å²) in [6.07, 6.45) is 6.45. The molecule has 2 aliphatic rings. The van der Waals surface area contributed by atoms with Crippen LogP contribution >= 0.6 is 0 Å². The number of piperidine rings is 1. The van der Waals surface area contributed by atoms with Gasteiger partial charge in [-0.3, -0.25) is 0 Å². The molecule has 1 aromatic heterocycles. The van der Waals surface area contributed by atoms with Crippen LogP contribution in [0.3, 0.4) is 0 Å². The molecule has 0 aromatic carbocycles. The van der Waals surface area contributed by atoms with Crippen LogP contribution in [-0.2, 0) is 10.2 Å². The zero-order valence-electron chi connectivity index (χ0n) is 14.4. The zero-order chi connectivity index (χ0) is 17.2.